The third-order valence-corrected chi connectivity index (χ3v) is 3.27. The summed E-state index contributed by atoms with van der Waals surface area (Å²) in [7, 11) is 3.36. The normalized spacial score (nSPS) is 12.2. The van der Waals surface area contributed by atoms with Crippen molar-refractivity contribution in [2.45, 2.75) is 18.9 Å². The van der Waals surface area contributed by atoms with E-state index in [1.807, 2.05) is 18.2 Å². The first-order valence-electron chi connectivity index (χ1n) is 6.00. The summed E-state index contributed by atoms with van der Waals surface area (Å²) in [4.78, 5) is 0. The Morgan fingerprint density at radius 2 is 2.17 bits per heavy atom. The molecule has 3 N–H and O–H groups in total. The number of halogens is 1. The van der Waals surface area contributed by atoms with Crippen LogP contribution in [0.2, 0.25) is 0 Å². The minimum absolute atomic E-state index is 0.277. The summed E-state index contributed by atoms with van der Waals surface area (Å²) in [6.45, 7) is 1.37. The van der Waals surface area contributed by atoms with Gasteiger partial charge in [-0.1, -0.05) is 0 Å². The van der Waals surface area contributed by atoms with Gasteiger partial charge in [-0.3, -0.25) is 0 Å². The minimum Gasteiger partial charge on any atom is -0.496 e. The third kappa shape index (κ3) is 4.84. The topological polar surface area (TPSA) is 56.5 Å². The van der Waals surface area contributed by atoms with E-state index in [0.29, 0.717) is 13.2 Å². The first-order chi connectivity index (χ1) is 8.71. The van der Waals surface area contributed by atoms with Crippen LogP contribution in [-0.4, -0.2) is 33.4 Å². The van der Waals surface area contributed by atoms with Crippen molar-refractivity contribution in [3.63, 3.8) is 0 Å². The Hall–Kier alpha value is -0.780. The van der Waals surface area contributed by atoms with Gasteiger partial charge < -0.3 is 20.5 Å². The standard InChI is InChI=1S/C13H21BrN2O2/c1-17-9-11(4-3-7-15)16-10-5-6-13(18-2)12(14)8-10/h5-6,8,11,16H,3-4,7,9,15H2,1-2H3. The third-order valence-electron chi connectivity index (χ3n) is 2.65. The van der Waals surface area contributed by atoms with Crippen LogP contribution in [0.25, 0.3) is 0 Å². The van der Waals surface area contributed by atoms with E-state index >= 15 is 0 Å². The number of ether oxygens (including phenoxy) is 2. The van der Waals surface area contributed by atoms with Gasteiger partial charge in [0.25, 0.3) is 0 Å². The molecule has 0 heterocycles. The van der Waals surface area contributed by atoms with Crippen LogP contribution >= 0.6 is 15.9 Å². The lowest BCUT2D eigenvalue weighted by atomic mass is 10.1. The molecule has 0 saturated heterocycles. The van der Waals surface area contributed by atoms with Crippen molar-refractivity contribution in [1.29, 1.82) is 0 Å². The van der Waals surface area contributed by atoms with Gasteiger partial charge in [0.15, 0.2) is 0 Å². The average molecular weight is 317 g/mol. The molecule has 1 atom stereocenters. The van der Waals surface area contributed by atoms with Crippen LogP contribution < -0.4 is 15.8 Å². The highest BCUT2D eigenvalue weighted by Crippen LogP contribution is 2.28. The fraction of sp³-hybridized carbons (Fsp3) is 0.538. The summed E-state index contributed by atoms with van der Waals surface area (Å²) < 4.78 is 11.3. The van der Waals surface area contributed by atoms with Crippen LogP contribution in [0, 0.1) is 0 Å². The van der Waals surface area contributed by atoms with Gasteiger partial charge in [0, 0.05) is 18.8 Å². The highest BCUT2D eigenvalue weighted by molar-refractivity contribution is 9.10. The Balaban J connectivity index is 2.64. The molecule has 0 saturated carbocycles. The molecule has 0 aliphatic carbocycles. The molecule has 1 aromatic carbocycles. The lowest BCUT2D eigenvalue weighted by molar-refractivity contribution is 0.182. The van der Waals surface area contributed by atoms with Gasteiger partial charge in [-0.25, -0.2) is 0 Å². The molecule has 1 aromatic rings. The van der Waals surface area contributed by atoms with Gasteiger partial charge in [-0.05, 0) is 53.5 Å². The molecule has 18 heavy (non-hydrogen) atoms. The molecule has 102 valence electrons. The van der Waals surface area contributed by atoms with Crippen LogP contribution in [0.15, 0.2) is 22.7 Å². The summed E-state index contributed by atoms with van der Waals surface area (Å²) >= 11 is 3.47. The molecular weight excluding hydrogens is 296 g/mol. The van der Waals surface area contributed by atoms with E-state index in [0.717, 1.165) is 28.8 Å². The predicted molar refractivity (Wildman–Crippen MR) is 78.3 cm³/mol. The van der Waals surface area contributed by atoms with Crippen LogP contribution in [0.5, 0.6) is 5.75 Å². The molecule has 0 fully saturated rings. The van der Waals surface area contributed by atoms with E-state index in [2.05, 4.69) is 21.2 Å². The van der Waals surface area contributed by atoms with Gasteiger partial charge in [0.05, 0.1) is 18.2 Å². The Morgan fingerprint density at radius 1 is 1.39 bits per heavy atom. The molecule has 1 unspecified atom stereocenters. The van der Waals surface area contributed by atoms with Crippen LogP contribution in [0.3, 0.4) is 0 Å². The van der Waals surface area contributed by atoms with Crippen LogP contribution in [0.1, 0.15) is 12.8 Å². The zero-order valence-corrected chi connectivity index (χ0v) is 12.5. The number of nitrogens with two attached hydrogens (primary N) is 1. The molecule has 0 aromatic heterocycles. The molecule has 4 nitrogen and oxygen atoms in total. The summed E-state index contributed by atoms with van der Waals surface area (Å²) in [5.41, 5.74) is 6.58. The number of anilines is 1. The zero-order valence-electron chi connectivity index (χ0n) is 10.9. The number of hydrogen-bond donors (Lipinski definition) is 2. The molecule has 0 aliphatic heterocycles. The second-order valence-electron chi connectivity index (χ2n) is 4.08. The van der Waals surface area contributed by atoms with Gasteiger partial charge >= 0.3 is 0 Å². The van der Waals surface area contributed by atoms with Crippen molar-refractivity contribution in [1.82, 2.24) is 0 Å². The van der Waals surface area contributed by atoms with Gasteiger partial charge in [-0.2, -0.15) is 0 Å². The Kier molecular flexibility index (Phi) is 7.08. The fourth-order valence-electron chi connectivity index (χ4n) is 1.75. The fourth-order valence-corrected chi connectivity index (χ4v) is 2.30. The molecule has 1 rings (SSSR count). The molecule has 0 spiro atoms. The summed E-state index contributed by atoms with van der Waals surface area (Å²) in [5, 5.41) is 3.44. The van der Waals surface area contributed by atoms with Crippen molar-refractivity contribution in [3.8, 4) is 5.75 Å². The number of benzene rings is 1. The van der Waals surface area contributed by atoms with Gasteiger partial charge in [0.1, 0.15) is 5.75 Å². The molecule has 0 radical (unpaired) electrons. The maximum absolute atomic E-state index is 5.54. The lowest BCUT2D eigenvalue weighted by Crippen LogP contribution is -2.25. The van der Waals surface area contributed by atoms with Gasteiger partial charge in [0.2, 0.25) is 0 Å². The summed E-state index contributed by atoms with van der Waals surface area (Å²) in [6.07, 6.45) is 1.98. The van der Waals surface area contributed by atoms with Crippen LogP contribution in [-0.2, 0) is 4.74 Å². The highest BCUT2D eigenvalue weighted by atomic mass is 79.9. The molecule has 0 amide bonds. The molecule has 0 bridgehead atoms. The smallest absolute Gasteiger partial charge is 0.133 e. The van der Waals surface area contributed by atoms with Crippen molar-refractivity contribution in [3.05, 3.63) is 22.7 Å². The van der Waals surface area contributed by atoms with E-state index in [1.54, 1.807) is 14.2 Å². The minimum atomic E-state index is 0.277. The summed E-state index contributed by atoms with van der Waals surface area (Å²) in [5.74, 6) is 0.825. The van der Waals surface area contributed by atoms with E-state index in [-0.39, 0.29) is 6.04 Å². The largest absolute Gasteiger partial charge is 0.496 e. The zero-order chi connectivity index (χ0) is 13.4. The monoisotopic (exact) mass is 316 g/mol. The van der Waals surface area contributed by atoms with E-state index in [1.165, 1.54) is 0 Å². The van der Waals surface area contributed by atoms with Crippen LogP contribution in [0.4, 0.5) is 5.69 Å². The molecule has 5 heteroatoms. The number of nitrogens with one attached hydrogen (secondary N) is 1. The highest BCUT2D eigenvalue weighted by Gasteiger charge is 2.09. The Morgan fingerprint density at radius 3 is 2.72 bits per heavy atom. The van der Waals surface area contributed by atoms with Crippen molar-refractivity contribution < 1.29 is 9.47 Å². The molecule has 0 aliphatic rings. The van der Waals surface area contributed by atoms with E-state index < -0.39 is 0 Å². The van der Waals surface area contributed by atoms with E-state index in [9.17, 15) is 0 Å². The Bertz CT molecular complexity index is 361. The second-order valence-corrected chi connectivity index (χ2v) is 4.93. The maximum Gasteiger partial charge on any atom is 0.133 e. The predicted octanol–water partition coefficient (Wildman–Crippen LogP) is 2.62. The van der Waals surface area contributed by atoms with Crippen molar-refractivity contribution in [2.24, 2.45) is 5.73 Å². The first-order valence-corrected chi connectivity index (χ1v) is 6.79. The average Bonchev–Trinajstić information content (AvgIpc) is 2.36. The van der Waals surface area contributed by atoms with Crippen molar-refractivity contribution >= 4 is 21.6 Å². The molecular formula is C13H21BrN2O2. The SMILES string of the molecule is COCC(CCCN)Nc1ccc(OC)c(Br)c1. The van der Waals surface area contributed by atoms with E-state index in [4.69, 9.17) is 15.2 Å². The number of rotatable bonds is 8. The summed E-state index contributed by atoms with van der Waals surface area (Å²) in [6, 6.07) is 6.21. The van der Waals surface area contributed by atoms with Crippen molar-refractivity contribution in [2.75, 3.05) is 32.7 Å². The Labute approximate surface area is 117 Å². The van der Waals surface area contributed by atoms with Gasteiger partial charge in [-0.15, -0.1) is 0 Å². The quantitative estimate of drug-likeness (QED) is 0.774. The maximum atomic E-state index is 5.54. The lowest BCUT2D eigenvalue weighted by Gasteiger charge is -2.19. The number of methoxy groups -OCH3 is 2. The number of hydrogen-bond acceptors (Lipinski definition) is 4. The second kappa shape index (κ2) is 8.34. The first kappa shape index (κ1) is 15.3.